The zero-order valence-corrected chi connectivity index (χ0v) is 13.8. The van der Waals surface area contributed by atoms with E-state index in [9.17, 15) is 0 Å². The lowest BCUT2D eigenvalue weighted by molar-refractivity contribution is -0.0236. The highest BCUT2D eigenvalue weighted by Gasteiger charge is 2.30. The molecule has 0 amide bonds. The van der Waals surface area contributed by atoms with Crippen LogP contribution in [0.15, 0.2) is 28.2 Å². The lowest BCUT2D eigenvalue weighted by Crippen LogP contribution is -2.39. The predicted octanol–water partition coefficient (Wildman–Crippen LogP) is 2.41. The van der Waals surface area contributed by atoms with Crippen molar-refractivity contribution in [3.8, 4) is 10.7 Å². The van der Waals surface area contributed by atoms with Crippen LogP contribution in [-0.4, -0.2) is 39.8 Å². The summed E-state index contributed by atoms with van der Waals surface area (Å²) >= 11 is 3.09. The monoisotopic (exact) mass is 349 g/mol. The summed E-state index contributed by atoms with van der Waals surface area (Å²) < 4.78 is 11.1. The highest BCUT2D eigenvalue weighted by Crippen LogP contribution is 2.29. The van der Waals surface area contributed by atoms with Gasteiger partial charge in [-0.3, -0.25) is 4.90 Å². The van der Waals surface area contributed by atoms with Crippen LogP contribution in [0.5, 0.6) is 0 Å². The van der Waals surface area contributed by atoms with Gasteiger partial charge in [0.05, 0.1) is 18.1 Å². The Labute approximate surface area is 140 Å². The molecule has 0 aliphatic carbocycles. The maximum Gasteiger partial charge on any atom is 0.246 e. The summed E-state index contributed by atoms with van der Waals surface area (Å²) in [6.07, 6.45) is 1.82. The van der Waals surface area contributed by atoms with Gasteiger partial charge in [-0.15, -0.1) is 22.7 Å². The number of aromatic nitrogens is 3. The Morgan fingerprint density at radius 1 is 1.43 bits per heavy atom. The maximum atomic E-state index is 5.71. The molecule has 4 rings (SSSR count). The first-order chi connectivity index (χ1) is 11.3. The fourth-order valence-electron chi connectivity index (χ4n) is 2.53. The number of thiophene rings is 1. The molecular weight excluding hydrogens is 334 g/mol. The number of thiazole rings is 1. The summed E-state index contributed by atoms with van der Waals surface area (Å²) in [5.41, 5.74) is 5.71. The van der Waals surface area contributed by atoms with Crippen LogP contribution in [0, 0.1) is 0 Å². The molecule has 0 saturated carbocycles. The van der Waals surface area contributed by atoms with Crippen molar-refractivity contribution in [3.63, 3.8) is 0 Å². The Morgan fingerprint density at radius 2 is 2.39 bits per heavy atom. The van der Waals surface area contributed by atoms with Crippen LogP contribution in [0.4, 0.5) is 5.13 Å². The van der Waals surface area contributed by atoms with E-state index in [1.165, 1.54) is 11.3 Å². The molecule has 0 aromatic carbocycles. The van der Waals surface area contributed by atoms with Gasteiger partial charge >= 0.3 is 0 Å². The number of morpholine rings is 1. The minimum absolute atomic E-state index is 0.0479. The Bertz CT molecular complexity index is 770. The van der Waals surface area contributed by atoms with Crippen molar-refractivity contribution in [1.82, 2.24) is 20.0 Å². The van der Waals surface area contributed by atoms with Crippen LogP contribution in [0.3, 0.4) is 0 Å². The lowest BCUT2D eigenvalue weighted by Gasteiger charge is -2.32. The molecule has 2 N–H and O–H groups in total. The molecule has 0 radical (unpaired) electrons. The van der Waals surface area contributed by atoms with Gasteiger partial charge in [-0.25, -0.2) is 4.98 Å². The van der Waals surface area contributed by atoms with Crippen molar-refractivity contribution in [2.24, 2.45) is 0 Å². The fourth-order valence-corrected chi connectivity index (χ4v) is 3.89. The lowest BCUT2D eigenvalue weighted by atomic mass is 10.2. The summed E-state index contributed by atoms with van der Waals surface area (Å²) in [5.74, 6) is 1.22. The van der Waals surface area contributed by atoms with Gasteiger partial charge in [0.25, 0.3) is 0 Å². The maximum absolute atomic E-state index is 5.71. The summed E-state index contributed by atoms with van der Waals surface area (Å²) in [7, 11) is 0. The average Bonchev–Trinajstić information content (AvgIpc) is 3.28. The number of ether oxygens (including phenoxy) is 1. The third-order valence-electron chi connectivity index (χ3n) is 3.64. The largest absolute Gasteiger partial charge is 0.378 e. The van der Waals surface area contributed by atoms with Crippen molar-refractivity contribution in [2.75, 3.05) is 25.5 Å². The molecule has 3 aromatic rings. The molecule has 1 atom stereocenters. The normalized spacial score (nSPS) is 19.2. The number of hydrogen-bond acceptors (Lipinski definition) is 9. The standard InChI is InChI=1S/C14H15N5O2S2/c15-14-16-6-9(23-14)7-19-3-4-20-8-10(19)13-17-12(18-21-13)11-2-1-5-22-11/h1-2,5-6,10H,3-4,7-8H2,(H2,15,16). The molecule has 1 fully saturated rings. The summed E-state index contributed by atoms with van der Waals surface area (Å²) in [6.45, 7) is 2.79. The van der Waals surface area contributed by atoms with E-state index in [4.69, 9.17) is 15.0 Å². The van der Waals surface area contributed by atoms with Crippen LogP contribution >= 0.6 is 22.7 Å². The molecule has 3 aromatic heterocycles. The summed E-state index contributed by atoms with van der Waals surface area (Å²) in [5, 5.41) is 6.67. The first kappa shape index (κ1) is 14.8. The Morgan fingerprint density at radius 3 is 3.17 bits per heavy atom. The quantitative estimate of drug-likeness (QED) is 0.773. The molecule has 9 heteroatoms. The van der Waals surface area contributed by atoms with E-state index in [0.717, 1.165) is 22.8 Å². The molecule has 7 nitrogen and oxygen atoms in total. The minimum atomic E-state index is -0.0479. The second-order valence-electron chi connectivity index (χ2n) is 5.16. The SMILES string of the molecule is Nc1ncc(CN2CCOCC2c2nc(-c3cccs3)no2)s1. The number of rotatable bonds is 4. The zero-order chi connectivity index (χ0) is 15.6. The van der Waals surface area contributed by atoms with Gasteiger partial charge in [0.2, 0.25) is 11.7 Å². The van der Waals surface area contributed by atoms with Gasteiger partial charge in [-0.1, -0.05) is 11.2 Å². The number of nitrogens with zero attached hydrogens (tertiary/aromatic N) is 4. The van der Waals surface area contributed by atoms with Gasteiger partial charge in [-0.2, -0.15) is 4.98 Å². The Hall–Kier alpha value is -1.81. The second-order valence-corrected chi connectivity index (χ2v) is 7.25. The summed E-state index contributed by atoms with van der Waals surface area (Å²) in [4.78, 5) is 13.0. The number of hydrogen-bond donors (Lipinski definition) is 1. The van der Waals surface area contributed by atoms with Crippen LogP contribution in [-0.2, 0) is 11.3 Å². The highest BCUT2D eigenvalue weighted by molar-refractivity contribution is 7.15. The first-order valence-electron chi connectivity index (χ1n) is 7.19. The molecule has 0 bridgehead atoms. The molecule has 1 aliphatic rings. The molecular formula is C14H15N5O2S2. The molecule has 1 aliphatic heterocycles. The summed E-state index contributed by atoms with van der Waals surface area (Å²) in [6, 6.07) is 3.91. The third kappa shape index (κ3) is 3.13. The van der Waals surface area contributed by atoms with E-state index < -0.39 is 0 Å². The van der Waals surface area contributed by atoms with Crippen LogP contribution in [0.2, 0.25) is 0 Å². The van der Waals surface area contributed by atoms with Crippen LogP contribution in [0.25, 0.3) is 10.7 Å². The van der Waals surface area contributed by atoms with Crippen molar-refractivity contribution in [1.29, 1.82) is 0 Å². The van der Waals surface area contributed by atoms with Crippen molar-refractivity contribution >= 4 is 27.8 Å². The van der Waals surface area contributed by atoms with Crippen LogP contribution < -0.4 is 5.73 Å². The zero-order valence-electron chi connectivity index (χ0n) is 12.2. The van der Waals surface area contributed by atoms with Gasteiger partial charge < -0.3 is 15.0 Å². The molecule has 1 saturated heterocycles. The topological polar surface area (TPSA) is 90.3 Å². The molecule has 0 spiro atoms. The van der Waals surface area contributed by atoms with E-state index in [-0.39, 0.29) is 6.04 Å². The molecule has 4 heterocycles. The Balaban J connectivity index is 1.55. The molecule has 120 valence electrons. The van der Waals surface area contributed by atoms with E-state index in [2.05, 4.69) is 20.0 Å². The molecule has 1 unspecified atom stereocenters. The minimum Gasteiger partial charge on any atom is -0.378 e. The van der Waals surface area contributed by atoms with Gasteiger partial charge in [0.15, 0.2) is 5.13 Å². The van der Waals surface area contributed by atoms with E-state index in [1.807, 2.05) is 23.7 Å². The van der Waals surface area contributed by atoms with Crippen molar-refractivity contribution in [2.45, 2.75) is 12.6 Å². The average molecular weight is 349 g/mol. The first-order valence-corrected chi connectivity index (χ1v) is 8.88. The predicted molar refractivity (Wildman–Crippen MR) is 88.1 cm³/mol. The van der Waals surface area contributed by atoms with Gasteiger partial charge in [-0.05, 0) is 11.4 Å². The second kappa shape index (κ2) is 6.36. The smallest absolute Gasteiger partial charge is 0.246 e. The van der Waals surface area contributed by atoms with E-state index >= 15 is 0 Å². The number of anilines is 1. The number of nitrogens with two attached hydrogens (primary N) is 1. The third-order valence-corrected chi connectivity index (χ3v) is 5.32. The van der Waals surface area contributed by atoms with Crippen molar-refractivity contribution in [3.05, 3.63) is 34.5 Å². The Kier molecular flexibility index (Phi) is 4.08. The molecule has 23 heavy (non-hydrogen) atoms. The number of nitrogen functional groups attached to an aromatic ring is 1. The van der Waals surface area contributed by atoms with Gasteiger partial charge in [0, 0.05) is 24.2 Å². The van der Waals surface area contributed by atoms with Crippen LogP contribution in [0.1, 0.15) is 16.8 Å². The highest BCUT2D eigenvalue weighted by atomic mass is 32.1. The van der Waals surface area contributed by atoms with E-state index in [1.54, 1.807) is 11.3 Å². The van der Waals surface area contributed by atoms with Gasteiger partial charge in [0.1, 0.15) is 6.04 Å². The van der Waals surface area contributed by atoms with Crippen molar-refractivity contribution < 1.29 is 9.26 Å². The fraction of sp³-hybridized carbons (Fsp3) is 0.357. The van der Waals surface area contributed by atoms with E-state index in [0.29, 0.717) is 30.1 Å².